The lowest BCUT2D eigenvalue weighted by Crippen LogP contribution is -2.14. The van der Waals surface area contributed by atoms with Crippen molar-refractivity contribution in [1.29, 1.82) is 0 Å². The number of carbonyl (C=O) groups excluding carboxylic acids is 2. The van der Waals surface area contributed by atoms with Crippen LogP contribution in [0.15, 0.2) is 42.5 Å². The second-order valence-electron chi connectivity index (χ2n) is 5.24. The molecule has 0 spiro atoms. The Hall–Kier alpha value is -2.62. The first kappa shape index (κ1) is 14.3. The summed E-state index contributed by atoms with van der Waals surface area (Å²) in [7, 11) is 0. The normalized spacial score (nSPS) is 15.0. The molecule has 2 aromatic carbocycles. The summed E-state index contributed by atoms with van der Waals surface area (Å²) in [6.45, 7) is 2.43. The van der Waals surface area contributed by atoms with E-state index in [2.05, 4.69) is 5.32 Å². The third-order valence-corrected chi connectivity index (χ3v) is 3.70. The van der Waals surface area contributed by atoms with E-state index in [1.165, 1.54) is 6.08 Å². The number of fused-ring (bicyclic) bond motifs is 3. The van der Waals surface area contributed by atoms with Gasteiger partial charge in [-0.2, -0.15) is 0 Å². The lowest BCUT2D eigenvalue weighted by Gasteiger charge is -2.04. The van der Waals surface area contributed by atoms with E-state index in [1.54, 1.807) is 0 Å². The van der Waals surface area contributed by atoms with E-state index in [9.17, 15) is 9.59 Å². The molecule has 0 aliphatic carbocycles. The fourth-order valence-corrected chi connectivity index (χ4v) is 2.58. The Morgan fingerprint density at radius 1 is 1.23 bits per heavy atom. The second kappa shape index (κ2) is 6.02. The standard InChI is InChI=1S/C18H17NO3/c1-2-3-10-22-16(20)11-15-14-9-8-12-6-4-5-7-13(12)17(14)18(21)19-15/h4-9,11H,2-3,10H2,1H3,(H,19,21)/b15-11-. The molecule has 1 amide bonds. The maximum atomic E-state index is 12.2. The maximum absolute atomic E-state index is 12.2. The van der Waals surface area contributed by atoms with E-state index in [1.807, 2.05) is 43.3 Å². The topological polar surface area (TPSA) is 55.4 Å². The Kier molecular flexibility index (Phi) is 3.92. The van der Waals surface area contributed by atoms with E-state index in [4.69, 9.17) is 4.74 Å². The van der Waals surface area contributed by atoms with Crippen molar-refractivity contribution in [1.82, 2.24) is 5.32 Å². The van der Waals surface area contributed by atoms with Crippen LogP contribution >= 0.6 is 0 Å². The first-order chi connectivity index (χ1) is 10.7. The molecule has 0 saturated carbocycles. The predicted octanol–water partition coefficient (Wildman–Crippen LogP) is 3.27. The van der Waals surface area contributed by atoms with Gasteiger partial charge in [-0.15, -0.1) is 0 Å². The van der Waals surface area contributed by atoms with Crippen molar-refractivity contribution in [2.24, 2.45) is 0 Å². The van der Waals surface area contributed by atoms with Crippen LogP contribution in [-0.2, 0) is 9.53 Å². The van der Waals surface area contributed by atoms with Gasteiger partial charge < -0.3 is 10.1 Å². The summed E-state index contributed by atoms with van der Waals surface area (Å²) in [6.07, 6.45) is 3.16. The molecule has 3 rings (SSSR count). The molecule has 22 heavy (non-hydrogen) atoms. The first-order valence-corrected chi connectivity index (χ1v) is 7.42. The molecule has 1 aliphatic heterocycles. The fourth-order valence-electron chi connectivity index (χ4n) is 2.58. The number of carbonyl (C=O) groups is 2. The summed E-state index contributed by atoms with van der Waals surface area (Å²) in [5.74, 6) is -0.607. The number of benzene rings is 2. The van der Waals surface area contributed by atoms with E-state index in [0.717, 1.165) is 29.2 Å². The molecule has 0 radical (unpaired) electrons. The van der Waals surface area contributed by atoms with Crippen LogP contribution in [0.2, 0.25) is 0 Å². The third-order valence-electron chi connectivity index (χ3n) is 3.70. The largest absolute Gasteiger partial charge is 0.462 e. The van der Waals surface area contributed by atoms with Gasteiger partial charge in [0.1, 0.15) is 0 Å². The van der Waals surface area contributed by atoms with Gasteiger partial charge in [0.05, 0.1) is 17.9 Å². The Morgan fingerprint density at radius 2 is 2.05 bits per heavy atom. The van der Waals surface area contributed by atoms with Gasteiger partial charge in [-0.25, -0.2) is 4.79 Å². The Morgan fingerprint density at radius 3 is 2.86 bits per heavy atom. The highest BCUT2D eigenvalue weighted by molar-refractivity contribution is 6.18. The zero-order valence-corrected chi connectivity index (χ0v) is 12.4. The number of hydrogen-bond donors (Lipinski definition) is 1. The molecule has 2 aromatic rings. The van der Waals surface area contributed by atoms with E-state index < -0.39 is 5.97 Å². The molecular formula is C18H17NO3. The summed E-state index contributed by atoms with van der Waals surface area (Å²) in [6, 6.07) is 11.5. The molecule has 0 unspecified atom stereocenters. The molecule has 0 saturated heterocycles. The molecule has 0 fully saturated rings. The highest BCUT2D eigenvalue weighted by atomic mass is 16.5. The van der Waals surface area contributed by atoms with Crippen LogP contribution in [0.5, 0.6) is 0 Å². The summed E-state index contributed by atoms with van der Waals surface area (Å²) in [4.78, 5) is 24.0. The van der Waals surface area contributed by atoms with Gasteiger partial charge in [-0.3, -0.25) is 4.79 Å². The monoisotopic (exact) mass is 295 g/mol. The molecule has 1 heterocycles. The van der Waals surface area contributed by atoms with E-state index in [0.29, 0.717) is 17.9 Å². The lowest BCUT2D eigenvalue weighted by molar-refractivity contribution is -0.137. The summed E-state index contributed by atoms with van der Waals surface area (Å²) in [5, 5.41) is 4.65. The van der Waals surface area contributed by atoms with Crippen molar-refractivity contribution in [3.05, 3.63) is 53.6 Å². The first-order valence-electron chi connectivity index (χ1n) is 7.42. The van der Waals surface area contributed by atoms with Crippen molar-refractivity contribution in [2.75, 3.05) is 6.61 Å². The zero-order chi connectivity index (χ0) is 15.5. The van der Waals surface area contributed by atoms with Crippen molar-refractivity contribution in [2.45, 2.75) is 19.8 Å². The molecule has 1 aliphatic rings. The van der Waals surface area contributed by atoms with Crippen LogP contribution in [0.25, 0.3) is 16.5 Å². The summed E-state index contributed by atoms with van der Waals surface area (Å²) >= 11 is 0. The maximum Gasteiger partial charge on any atom is 0.332 e. The molecular weight excluding hydrogens is 278 g/mol. The third kappa shape index (κ3) is 2.60. The van der Waals surface area contributed by atoms with E-state index >= 15 is 0 Å². The molecule has 0 bridgehead atoms. The SMILES string of the molecule is CCCCOC(=O)/C=C1\NC(=O)c2c1ccc1ccccc21. The molecule has 4 heteroatoms. The Bertz CT molecular complexity index is 777. The van der Waals surface area contributed by atoms with Crippen LogP contribution in [-0.4, -0.2) is 18.5 Å². The summed E-state index contributed by atoms with van der Waals surface area (Å²) < 4.78 is 5.12. The molecule has 1 N–H and O–H groups in total. The van der Waals surface area contributed by atoms with Crippen LogP contribution in [0.4, 0.5) is 0 Å². The van der Waals surface area contributed by atoms with Gasteiger partial charge in [-0.1, -0.05) is 49.7 Å². The van der Waals surface area contributed by atoms with E-state index in [-0.39, 0.29) is 5.91 Å². The minimum Gasteiger partial charge on any atom is -0.462 e. The molecule has 4 nitrogen and oxygen atoms in total. The Labute approximate surface area is 128 Å². The van der Waals surface area contributed by atoms with Gasteiger partial charge >= 0.3 is 5.97 Å². The number of esters is 1. The molecule has 0 atom stereocenters. The number of rotatable bonds is 4. The van der Waals surface area contributed by atoms with Gasteiger partial charge in [0.25, 0.3) is 5.91 Å². The molecule has 112 valence electrons. The van der Waals surface area contributed by atoms with Crippen LogP contribution < -0.4 is 5.32 Å². The van der Waals surface area contributed by atoms with Gasteiger partial charge in [0.15, 0.2) is 0 Å². The van der Waals surface area contributed by atoms with Crippen LogP contribution in [0.1, 0.15) is 35.7 Å². The van der Waals surface area contributed by atoms with Gasteiger partial charge in [0, 0.05) is 11.6 Å². The fraction of sp³-hybridized carbons (Fsp3) is 0.222. The van der Waals surface area contributed by atoms with Gasteiger partial charge in [0.2, 0.25) is 0 Å². The Balaban J connectivity index is 1.95. The van der Waals surface area contributed by atoms with Crippen LogP contribution in [0, 0.1) is 0 Å². The van der Waals surface area contributed by atoms with Crippen LogP contribution in [0.3, 0.4) is 0 Å². The number of hydrogen-bond acceptors (Lipinski definition) is 3. The van der Waals surface area contributed by atoms with Gasteiger partial charge in [-0.05, 0) is 17.2 Å². The summed E-state index contributed by atoms with van der Waals surface area (Å²) in [5.41, 5.74) is 1.87. The smallest absolute Gasteiger partial charge is 0.332 e. The quantitative estimate of drug-likeness (QED) is 0.535. The van der Waals surface area contributed by atoms with Crippen molar-refractivity contribution >= 4 is 28.3 Å². The highest BCUT2D eigenvalue weighted by Crippen LogP contribution is 2.31. The van der Waals surface area contributed by atoms with Crippen molar-refractivity contribution in [3.8, 4) is 0 Å². The zero-order valence-electron chi connectivity index (χ0n) is 12.4. The number of unbranched alkanes of at least 4 members (excludes halogenated alkanes) is 1. The average molecular weight is 295 g/mol. The second-order valence-corrected chi connectivity index (χ2v) is 5.24. The minimum absolute atomic E-state index is 0.181. The number of ether oxygens (including phenoxy) is 1. The molecule has 0 aromatic heterocycles. The average Bonchev–Trinajstić information content (AvgIpc) is 2.84. The number of nitrogens with one attached hydrogen (secondary N) is 1. The van der Waals surface area contributed by atoms with Crippen molar-refractivity contribution in [3.63, 3.8) is 0 Å². The predicted molar refractivity (Wildman–Crippen MR) is 85.3 cm³/mol. The minimum atomic E-state index is -0.426. The highest BCUT2D eigenvalue weighted by Gasteiger charge is 2.26. The lowest BCUT2D eigenvalue weighted by atomic mass is 9.99. The van der Waals surface area contributed by atoms with Crippen molar-refractivity contribution < 1.29 is 14.3 Å². The number of amides is 1.